The van der Waals surface area contributed by atoms with Crippen molar-refractivity contribution in [1.29, 1.82) is 0 Å². The van der Waals surface area contributed by atoms with Gasteiger partial charge in [0.25, 0.3) is 5.91 Å². The first kappa shape index (κ1) is 21.6. The molecule has 2 aromatic rings. The summed E-state index contributed by atoms with van der Waals surface area (Å²) in [6.45, 7) is 4.06. The van der Waals surface area contributed by atoms with Crippen LogP contribution in [0.3, 0.4) is 0 Å². The SMILES string of the molecule is C=CC(=O)Nc1ccc(C(=O)N2CC[C@H](Nc3ncc(Cl)c(C(F)(F)F)n3)C2)cc1. The molecule has 3 rings (SSSR count). The summed E-state index contributed by atoms with van der Waals surface area (Å²) >= 11 is 5.52. The number of hydrogen-bond acceptors (Lipinski definition) is 5. The van der Waals surface area contributed by atoms with E-state index >= 15 is 0 Å². The minimum atomic E-state index is -4.69. The fraction of sp³-hybridized carbons (Fsp3) is 0.263. The molecule has 1 aromatic carbocycles. The van der Waals surface area contributed by atoms with Gasteiger partial charge in [-0.3, -0.25) is 9.59 Å². The molecule has 30 heavy (non-hydrogen) atoms. The Balaban J connectivity index is 1.62. The number of hydrogen-bond donors (Lipinski definition) is 2. The summed E-state index contributed by atoms with van der Waals surface area (Å²) in [6.07, 6.45) is -2.14. The third-order valence-electron chi connectivity index (χ3n) is 4.41. The highest BCUT2D eigenvalue weighted by Gasteiger charge is 2.36. The van der Waals surface area contributed by atoms with Crippen LogP contribution < -0.4 is 10.6 Å². The molecule has 1 aliphatic heterocycles. The van der Waals surface area contributed by atoms with Crippen molar-refractivity contribution in [1.82, 2.24) is 14.9 Å². The predicted octanol–water partition coefficient (Wildman–Crippen LogP) is 3.60. The van der Waals surface area contributed by atoms with Gasteiger partial charge in [-0.1, -0.05) is 18.2 Å². The molecule has 0 saturated carbocycles. The van der Waals surface area contributed by atoms with E-state index in [-0.39, 0.29) is 30.3 Å². The average Bonchev–Trinajstić information content (AvgIpc) is 3.17. The van der Waals surface area contributed by atoms with Gasteiger partial charge in [-0.2, -0.15) is 13.2 Å². The molecular weight excluding hydrogens is 423 g/mol. The number of nitrogens with zero attached hydrogens (tertiary/aromatic N) is 3. The molecule has 0 unspecified atom stereocenters. The summed E-state index contributed by atoms with van der Waals surface area (Å²) in [7, 11) is 0. The number of alkyl halides is 3. The molecule has 1 fully saturated rings. The van der Waals surface area contributed by atoms with Gasteiger partial charge in [0.15, 0.2) is 5.69 Å². The second-order valence-corrected chi connectivity index (χ2v) is 6.95. The maximum Gasteiger partial charge on any atom is 0.435 e. The van der Waals surface area contributed by atoms with Crippen molar-refractivity contribution < 1.29 is 22.8 Å². The number of benzene rings is 1. The quantitative estimate of drug-likeness (QED) is 0.695. The van der Waals surface area contributed by atoms with E-state index in [2.05, 4.69) is 27.2 Å². The predicted molar refractivity (Wildman–Crippen MR) is 105 cm³/mol. The van der Waals surface area contributed by atoms with Crippen LogP contribution in [0.1, 0.15) is 22.5 Å². The Hall–Kier alpha value is -3.14. The van der Waals surface area contributed by atoms with Crippen LogP contribution in [0.5, 0.6) is 0 Å². The van der Waals surface area contributed by atoms with Crippen molar-refractivity contribution in [3.05, 3.63) is 59.4 Å². The summed E-state index contributed by atoms with van der Waals surface area (Å²) in [4.78, 5) is 32.8. The van der Waals surface area contributed by atoms with Crippen LogP contribution in [0.4, 0.5) is 24.8 Å². The fourth-order valence-corrected chi connectivity index (χ4v) is 3.15. The first-order valence-corrected chi connectivity index (χ1v) is 9.24. The van der Waals surface area contributed by atoms with Gasteiger partial charge in [-0.05, 0) is 36.8 Å². The highest BCUT2D eigenvalue weighted by Crippen LogP contribution is 2.33. The minimum absolute atomic E-state index is 0.201. The fourth-order valence-electron chi connectivity index (χ4n) is 2.95. The van der Waals surface area contributed by atoms with Gasteiger partial charge in [0.1, 0.15) is 0 Å². The Morgan fingerprint density at radius 2 is 1.97 bits per heavy atom. The van der Waals surface area contributed by atoms with E-state index in [1.165, 1.54) is 0 Å². The van der Waals surface area contributed by atoms with Crippen LogP contribution in [0.15, 0.2) is 43.1 Å². The van der Waals surface area contributed by atoms with Crippen molar-refractivity contribution >= 4 is 35.1 Å². The second kappa shape index (κ2) is 8.70. The van der Waals surface area contributed by atoms with E-state index in [0.717, 1.165) is 12.3 Å². The van der Waals surface area contributed by atoms with Crippen molar-refractivity contribution in [3.8, 4) is 0 Å². The van der Waals surface area contributed by atoms with E-state index in [1.54, 1.807) is 29.2 Å². The Labute approximate surface area is 174 Å². The van der Waals surface area contributed by atoms with Crippen LogP contribution in [0, 0.1) is 0 Å². The molecular formula is C19H17ClF3N5O2. The molecule has 1 atom stereocenters. The molecule has 0 aliphatic carbocycles. The summed E-state index contributed by atoms with van der Waals surface area (Å²) in [5, 5.41) is 4.83. The summed E-state index contributed by atoms with van der Waals surface area (Å²) in [6, 6.07) is 6.06. The number of aromatic nitrogens is 2. The van der Waals surface area contributed by atoms with Gasteiger partial charge in [-0.25, -0.2) is 9.97 Å². The van der Waals surface area contributed by atoms with Crippen molar-refractivity contribution in [2.75, 3.05) is 23.7 Å². The molecule has 1 aromatic heterocycles. The number of likely N-dealkylation sites (tertiary alicyclic amines) is 1. The summed E-state index contributed by atoms with van der Waals surface area (Å²) < 4.78 is 38.8. The first-order chi connectivity index (χ1) is 14.2. The molecule has 0 bridgehead atoms. The molecule has 7 nitrogen and oxygen atoms in total. The molecule has 1 saturated heterocycles. The second-order valence-electron chi connectivity index (χ2n) is 6.54. The van der Waals surface area contributed by atoms with Crippen molar-refractivity contribution in [2.24, 2.45) is 0 Å². The van der Waals surface area contributed by atoms with Crippen LogP contribution >= 0.6 is 11.6 Å². The molecule has 2 heterocycles. The lowest BCUT2D eigenvalue weighted by Gasteiger charge is -2.18. The minimum Gasteiger partial charge on any atom is -0.350 e. The maximum atomic E-state index is 12.9. The molecule has 0 radical (unpaired) electrons. The average molecular weight is 440 g/mol. The monoisotopic (exact) mass is 439 g/mol. The van der Waals surface area contributed by atoms with E-state index in [9.17, 15) is 22.8 Å². The van der Waals surface area contributed by atoms with Crippen LogP contribution in [-0.4, -0.2) is 45.8 Å². The number of anilines is 2. The highest BCUT2D eigenvalue weighted by molar-refractivity contribution is 6.31. The van der Waals surface area contributed by atoms with Crippen LogP contribution in [-0.2, 0) is 11.0 Å². The molecule has 1 aliphatic rings. The summed E-state index contributed by atoms with van der Waals surface area (Å²) in [5.41, 5.74) is -0.261. The third-order valence-corrected chi connectivity index (χ3v) is 4.68. The number of carbonyl (C=O) groups is 2. The Kier molecular flexibility index (Phi) is 6.25. The topological polar surface area (TPSA) is 87.2 Å². The zero-order chi connectivity index (χ0) is 21.9. The van der Waals surface area contributed by atoms with E-state index in [1.807, 2.05) is 0 Å². The molecule has 2 N–H and O–H groups in total. The number of halogens is 4. The lowest BCUT2D eigenvalue weighted by Crippen LogP contribution is -2.32. The number of rotatable bonds is 5. The van der Waals surface area contributed by atoms with Gasteiger partial charge in [-0.15, -0.1) is 0 Å². The van der Waals surface area contributed by atoms with Gasteiger partial charge in [0.05, 0.1) is 11.2 Å². The van der Waals surface area contributed by atoms with E-state index in [4.69, 9.17) is 11.6 Å². The molecule has 158 valence electrons. The third kappa shape index (κ3) is 5.07. The van der Waals surface area contributed by atoms with Gasteiger partial charge >= 0.3 is 6.18 Å². The highest BCUT2D eigenvalue weighted by atomic mass is 35.5. The largest absolute Gasteiger partial charge is 0.435 e. The van der Waals surface area contributed by atoms with E-state index in [0.29, 0.717) is 24.2 Å². The number of carbonyl (C=O) groups excluding carboxylic acids is 2. The summed E-state index contributed by atoms with van der Waals surface area (Å²) in [5.74, 6) is -0.789. The maximum absolute atomic E-state index is 12.9. The zero-order valence-corrected chi connectivity index (χ0v) is 16.3. The van der Waals surface area contributed by atoms with Crippen LogP contribution in [0.25, 0.3) is 0 Å². The first-order valence-electron chi connectivity index (χ1n) is 8.86. The smallest absolute Gasteiger partial charge is 0.350 e. The standard InChI is InChI=1S/C19H17ClF3N5O2/c1-2-15(29)25-12-5-3-11(4-6-12)17(30)28-8-7-13(10-28)26-18-24-9-14(20)16(27-18)19(21,22)23/h2-6,9,13H,1,7-8,10H2,(H,25,29)(H,24,26,27)/t13-/m0/s1. The Bertz CT molecular complexity index is 966. The van der Waals surface area contributed by atoms with Crippen molar-refractivity contribution in [2.45, 2.75) is 18.6 Å². The number of nitrogens with one attached hydrogen (secondary N) is 2. The van der Waals surface area contributed by atoms with Gasteiger partial charge in [0.2, 0.25) is 11.9 Å². The van der Waals surface area contributed by atoms with Gasteiger partial charge in [0, 0.05) is 30.4 Å². The Morgan fingerprint density at radius 3 is 2.60 bits per heavy atom. The normalized spacial score (nSPS) is 16.3. The Morgan fingerprint density at radius 1 is 1.27 bits per heavy atom. The molecule has 11 heteroatoms. The lowest BCUT2D eigenvalue weighted by molar-refractivity contribution is -0.141. The van der Waals surface area contributed by atoms with Crippen LogP contribution in [0.2, 0.25) is 5.02 Å². The van der Waals surface area contributed by atoms with Gasteiger partial charge < -0.3 is 15.5 Å². The molecule has 2 amide bonds. The van der Waals surface area contributed by atoms with Crippen molar-refractivity contribution in [3.63, 3.8) is 0 Å². The van der Waals surface area contributed by atoms with E-state index < -0.39 is 16.9 Å². The molecule has 0 spiro atoms. The lowest BCUT2D eigenvalue weighted by atomic mass is 10.2. The number of amides is 2. The zero-order valence-electron chi connectivity index (χ0n) is 15.5.